The summed E-state index contributed by atoms with van der Waals surface area (Å²) >= 11 is 0. The maximum Gasteiger partial charge on any atom is 0.0424 e. The van der Waals surface area contributed by atoms with Crippen molar-refractivity contribution in [3.63, 3.8) is 0 Å². The Bertz CT molecular complexity index is 76.9. The zero-order chi connectivity index (χ0) is 7.65. The second kappa shape index (κ2) is 2.67. The molecule has 0 radical (unpaired) electrons. The van der Waals surface area contributed by atoms with Crippen molar-refractivity contribution in [2.24, 2.45) is 5.92 Å². The summed E-state index contributed by atoms with van der Waals surface area (Å²) in [4.78, 5) is 0. The Morgan fingerprint density at radius 2 is 1.67 bits per heavy atom. The maximum absolute atomic E-state index is 9.08. The Hall–Kier alpha value is -0.0800. The molecule has 0 amide bonds. The van der Waals surface area contributed by atoms with E-state index in [2.05, 4.69) is 13.8 Å². The molecule has 0 fully saturated rings. The zero-order valence-corrected chi connectivity index (χ0v) is 6.97. The van der Waals surface area contributed by atoms with Gasteiger partial charge in [0.1, 0.15) is 0 Å². The fourth-order valence-corrected chi connectivity index (χ4v) is 0.374. The van der Waals surface area contributed by atoms with Gasteiger partial charge < -0.3 is 5.21 Å². The van der Waals surface area contributed by atoms with Gasteiger partial charge in [-0.3, -0.25) is 0 Å². The Kier molecular flexibility index (Phi) is 2.65. The lowest BCUT2D eigenvalue weighted by atomic mass is 9.91. The van der Waals surface area contributed by atoms with Crippen molar-refractivity contribution in [3.05, 3.63) is 0 Å². The molecule has 0 saturated heterocycles. The average molecular weight is 131 g/mol. The van der Waals surface area contributed by atoms with Crippen molar-refractivity contribution in [2.75, 3.05) is 7.05 Å². The first-order chi connectivity index (χ1) is 3.89. The average Bonchev–Trinajstić information content (AvgIpc) is 1.65. The molecule has 0 aromatic rings. The highest BCUT2D eigenvalue weighted by Crippen LogP contribution is 2.19. The van der Waals surface area contributed by atoms with Gasteiger partial charge in [-0.05, 0) is 19.8 Å². The van der Waals surface area contributed by atoms with Crippen LogP contribution in [0.1, 0.15) is 27.7 Å². The van der Waals surface area contributed by atoms with Crippen LogP contribution in [0.15, 0.2) is 0 Å². The van der Waals surface area contributed by atoms with Gasteiger partial charge in [-0.15, -0.1) is 0 Å². The second-order valence-corrected chi connectivity index (χ2v) is 3.33. The van der Waals surface area contributed by atoms with Crippen LogP contribution in [0.25, 0.3) is 0 Å². The minimum atomic E-state index is -0.111. The van der Waals surface area contributed by atoms with Gasteiger partial charge in [-0.1, -0.05) is 13.8 Å². The largest absolute Gasteiger partial charge is 0.314 e. The first-order valence-corrected chi connectivity index (χ1v) is 3.31. The van der Waals surface area contributed by atoms with E-state index in [0.29, 0.717) is 5.92 Å². The lowest BCUT2D eigenvalue weighted by Gasteiger charge is -2.34. The van der Waals surface area contributed by atoms with Crippen LogP contribution < -0.4 is 0 Å². The van der Waals surface area contributed by atoms with E-state index in [9.17, 15) is 0 Å². The van der Waals surface area contributed by atoms with Crippen molar-refractivity contribution in [2.45, 2.75) is 33.2 Å². The predicted octanol–water partition coefficient (Wildman–Crippen LogP) is 1.74. The van der Waals surface area contributed by atoms with Crippen LogP contribution in [0.3, 0.4) is 0 Å². The van der Waals surface area contributed by atoms with E-state index in [0.717, 1.165) is 0 Å². The minimum Gasteiger partial charge on any atom is -0.314 e. The number of rotatable bonds is 2. The fourth-order valence-electron chi connectivity index (χ4n) is 0.374. The van der Waals surface area contributed by atoms with Crippen LogP contribution in [0.5, 0.6) is 0 Å². The first-order valence-electron chi connectivity index (χ1n) is 3.31. The molecule has 2 heteroatoms. The third-order valence-corrected chi connectivity index (χ3v) is 2.25. The summed E-state index contributed by atoms with van der Waals surface area (Å²) in [7, 11) is 1.68. The number of hydroxylamine groups is 2. The van der Waals surface area contributed by atoms with Crippen LogP contribution in [0.4, 0.5) is 0 Å². The molecule has 0 spiro atoms. The molecule has 0 heterocycles. The van der Waals surface area contributed by atoms with E-state index >= 15 is 0 Å². The fraction of sp³-hybridized carbons (Fsp3) is 1.00. The van der Waals surface area contributed by atoms with Crippen LogP contribution in [-0.2, 0) is 0 Å². The van der Waals surface area contributed by atoms with Gasteiger partial charge >= 0.3 is 0 Å². The second-order valence-electron chi connectivity index (χ2n) is 3.33. The van der Waals surface area contributed by atoms with E-state index in [4.69, 9.17) is 5.21 Å². The highest BCUT2D eigenvalue weighted by atomic mass is 16.5. The molecule has 9 heavy (non-hydrogen) atoms. The van der Waals surface area contributed by atoms with E-state index < -0.39 is 0 Å². The molecular formula is C7H17NO. The molecule has 0 aromatic heterocycles. The maximum atomic E-state index is 9.08. The van der Waals surface area contributed by atoms with Gasteiger partial charge in [0, 0.05) is 12.6 Å². The van der Waals surface area contributed by atoms with Crippen LogP contribution >= 0.6 is 0 Å². The quantitative estimate of drug-likeness (QED) is 0.577. The van der Waals surface area contributed by atoms with Crippen LogP contribution in [-0.4, -0.2) is 22.9 Å². The summed E-state index contributed by atoms with van der Waals surface area (Å²) in [5, 5.41) is 10.3. The number of nitrogens with zero attached hydrogens (tertiary/aromatic N) is 1. The lowest BCUT2D eigenvalue weighted by molar-refractivity contribution is -0.154. The summed E-state index contributed by atoms with van der Waals surface area (Å²) in [5.41, 5.74) is -0.111. The van der Waals surface area contributed by atoms with Gasteiger partial charge in [0.15, 0.2) is 0 Å². The van der Waals surface area contributed by atoms with E-state index in [1.165, 1.54) is 5.06 Å². The highest BCUT2D eigenvalue weighted by molar-refractivity contribution is 4.77. The predicted molar refractivity (Wildman–Crippen MR) is 38.5 cm³/mol. The molecule has 0 atom stereocenters. The molecule has 0 rings (SSSR count). The molecule has 0 aromatic carbocycles. The van der Waals surface area contributed by atoms with Crippen LogP contribution in [0.2, 0.25) is 0 Å². The van der Waals surface area contributed by atoms with Crippen molar-refractivity contribution < 1.29 is 5.21 Å². The van der Waals surface area contributed by atoms with Crippen molar-refractivity contribution in [1.29, 1.82) is 0 Å². The van der Waals surface area contributed by atoms with Gasteiger partial charge in [-0.25, -0.2) is 0 Å². The molecular weight excluding hydrogens is 114 g/mol. The Morgan fingerprint density at radius 1 is 1.33 bits per heavy atom. The number of hydrogen-bond donors (Lipinski definition) is 1. The topological polar surface area (TPSA) is 23.5 Å². The molecule has 1 N–H and O–H groups in total. The molecule has 0 bridgehead atoms. The Morgan fingerprint density at radius 3 is 1.67 bits per heavy atom. The summed E-state index contributed by atoms with van der Waals surface area (Å²) in [6.45, 7) is 8.20. The molecule has 2 nitrogen and oxygen atoms in total. The summed E-state index contributed by atoms with van der Waals surface area (Å²) in [5.74, 6) is 0.465. The molecule has 0 aliphatic rings. The summed E-state index contributed by atoms with van der Waals surface area (Å²) in [6, 6.07) is 0. The van der Waals surface area contributed by atoms with Crippen molar-refractivity contribution in [1.82, 2.24) is 5.06 Å². The van der Waals surface area contributed by atoms with E-state index in [-0.39, 0.29) is 5.54 Å². The minimum absolute atomic E-state index is 0.111. The van der Waals surface area contributed by atoms with Gasteiger partial charge in [-0.2, -0.15) is 5.06 Å². The van der Waals surface area contributed by atoms with Crippen molar-refractivity contribution >= 4 is 0 Å². The number of hydrogen-bond acceptors (Lipinski definition) is 2. The van der Waals surface area contributed by atoms with Gasteiger partial charge in [0.25, 0.3) is 0 Å². The first kappa shape index (κ1) is 8.92. The third-order valence-electron chi connectivity index (χ3n) is 2.25. The smallest absolute Gasteiger partial charge is 0.0424 e. The monoisotopic (exact) mass is 131 g/mol. The highest BCUT2D eigenvalue weighted by Gasteiger charge is 2.25. The normalized spacial score (nSPS) is 13.3. The van der Waals surface area contributed by atoms with E-state index in [1.807, 2.05) is 13.8 Å². The summed E-state index contributed by atoms with van der Waals surface area (Å²) in [6.07, 6.45) is 0. The Labute approximate surface area is 57.4 Å². The molecule has 0 saturated carbocycles. The summed E-state index contributed by atoms with van der Waals surface area (Å²) < 4.78 is 0. The van der Waals surface area contributed by atoms with Gasteiger partial charge in [0.05, 0.1) is 0 Å². The van der Waals surface area contributed by atoms with E-state index in [1.54, 1.807) is 7.05 Å². The van der Waals surface area contributed by atoms with Crippen molar-refractivity contribution in [3.8, 4) is 0 Å². The molecule has 56 valence electrons. The SMILES string of the molecule is CC(C)C(C)(C)N(C)O. The zero-order valence-electron chi connectivity index (χ0n) is 6.97. The molecule has 0 aliphatic heterocycles. The molecule has 0 aliphatic carbocycles. The third kappa shape index (κ3) is 1.95. The lowest BCUT2D eigenvalue weighted by Crippen LogP contribution is -2.43. The van der Waals surface area contributed by atoms with Gasteiger partial charge in [0.2, 0.25) is 0 Å². The Balaban J connectivity index is 4.01. The van der Waals surface area contributed by atoms with Crippen LogP contribution in [0, 0.1) is 5.92 Å². The molecule has 0 unspecified atom stereocenters. The standard InChI is InChI=1S/C7H17NO/c1-6(2)7(3,4)8(5)9/h6,9H,1-5H3.